The van der Waals surface area contributed by atoms with Crippen LogP contribution in [0.1, 0.15) is 80.9 Å². The van der Waals surface area contributed by atoms with Gasteiger partial charge in [0.2, 0.25) is 0 Å². The third-order valence-corrected chi connectivity index (χ3v) is 9.09. The van der Waals surface area contributed by atoms with Gasteiger partial charge in [-0.3, -0.25) is 9.59 Å². The van der Waals surface area contributed by atoms with E-state index in [-0.39, 0.29) is 46.2 Å². The van der Waals surface area contributed by atoms with E-state index in [1.807, 2.05) is 20.8 Å². The van der Waals surface area contributed by atoms with Gasteiger partial charge in [-0.05, 0) is 52.9 Å². The van der Waals surface area contributed by atoms with Crippen LogP contribution in [0.2, 0.25) is 0 Å². The average molecular weight is 573 g/mol. The average Bonchev–Trinajstić information content (AvgIpc) is 3.24. The molecule has 1 aromatic heterocycles. The molecule has 4 saturated carbocycles. The highest BCUT2D eigenvalue weighted by molar-refractivity contribution is 5.99. The van der Waals surface area contributed by atoms with Gasteiger partial charge in [0.15, 0.2) is 0 Å². The lowest BCUT2D eigenvalue weighted by Crippen LogP contribution is -2.62. The number of benzene rings is 1. The van der Waals surface area contributed by atoms with Crippen molar-refractivity contribution in [2.75, 3.05) is 18.4 Å². The number of piperidine rings is 1. The lowest BCUT2D eigenvalue weighted by Gasteiger charge is -2.62. The first-order valence-corrected chi connectivity index (χ1v) is 14.2. The van der Waals surface area contributed by atoms with Crippen LogP contribution in [0.3, 0.4) is 0 Å². The monoisotopic (exact) mass is 572 g/mol. The van der Waals surface area contributed by atoms with E-state index in [1.165, 1.54) is 25.1 Å². The number of likely N-dealkylation sites (tertiary alicyclic amines) is 1. The van der Waals surface area contributed by atoms with Gasteiger partial charge in [0, 0.05) is 54.3 Å². The molecular weight excluding hydrogens is 537 g/mol. The molecule has 3 atom stereocenters. The third-order valence-electron chi connectivity index (χ3n) is 9.09. The van der Waals surface area contributed by atoms with E-state index >= 15 is 0 Å². The quantitative estimate of drug-likeness (QED) is 0.476. The topological polar surface area (TPSA) is 92.7 Å². The van der Waals surface area contributed by atoms with Gasteiger partial charge in [-0.1, -0.05) is 18.2 Å². The first-order chi connectivity index (χ1) is 19.3. The summed E-state index contributed by atoms with van der Waals surface area (Å²) in [5, 5.41) is 6.11. The zero-order chi connectivity index (χ0) is 29.4. The van der Waals surface area contributed by atoms with Crippen molar-refractivity contribution in [1.29, 1.82) is 0 Å². The van der Waals surface area contributed by atoms with E-state index in [0.29, 0.717) is 24.7 Å². The molecule has 2 N–H and O–H groups in total. The second kappa shape index (κ2) is 9.52. The van der Waals surface area contributed by atoms with Gasteiger partial charge in [0.05, 0.1) is 22.9 Å². The predicted molar refractivity (Wildman–Crippen MR) is 145 cm³/mol. The number of nitrogens with zero attached hydrogens (tertiary/aromatic N) is 2. The van der Waals surface area contributed by atoms with Gasteiger partial charge in [-0.2, -0.15) is 0 Å². The summed E-state index contributed by atoms with van der Waals surface area (Å²) >= 11 is 0. The van der Waals surface area contributed by atoms with Crippen LogP contribution in [0.5, 0.6) is 0 Å². The van der Waals surface area contributed by atoms with Gasteiger partial charge >= 0.3 is 6.09 Å². The Kier molecular flexibility index (Phi) is 6.42. The molecule has 0 radical (unpaired) electrons. The summed E-state index contributed by atoms with van der Waals surface area (Å²) < 4.78 is 48.4. The van der Waals surface area contributed by atoms with Gasteiger partial charge < -0.3 is 24.8 Å². The molecule has 220 valence electrons. The second-order valence-electron chi connectivity index (χ2n) is 13.1. The SMILES string of the molecule is C[C@@H](NC(=O)c1cn(C23CC(C2)C3)c(=O)cc1NC1C2CN(C(=O)OC(C)(C)C)CC21)c1cccc(C(F)F)c1F. The van der Waals surface area contributed by atoms with Crippen molar-refractivity contribution < 1.29 is 27.5 Å². The maximum Gasteiger partial charge on any atom is 0.410 e. The molecule has 11 heteroatoms. The number of hydrogen-bond acceptors (Lipinski definition) is 5. The molecule has 7 rings (SSSR count). The molecule has 5 aliphatic rings. The maximum absolute atomic E-state index is 14.8. The fourth-order valence-corrected chi connectivity index (χ4v) is 6.75. The van der Waals surface area contributed by atoms with Crippen molar-refractivity contribution in [2.45, 2.75) is 76.6 Å². The van der Waals surface area contributed by atoms with Crippen molar-refractivity contribution in [2.24, 2.45) is 17.8 Å². The minimum absolute atomic E-state index is 0.0250. The Morgan fingerprint density at radius 3 is 2.29 bits per heavy atom. The molecule has 4 aliphatic carbocycles. The molecule has 2 amide bonds. The van der Waals surface area contributed by atoms with Gasteiger partial charge in [0.25, 0.3) is 17.9 Å². The Bertz CT molecular complexity index is 1440. The Labute approximate surface area is 236 Å². The lowest BCUT2D eigenvalue weighted by atomic mass is 9.49. The number of alkyl halides is 2. The smallest absolute Gasteiger partial charge is 0.410 e. The number of carbonyl (C=O) groups is 2. The fourth-order valence-electron chi connectivity index (χ4n) is 6.75. The zero-order valence-corrected chi connectivity index (χ0v) is 23.5. The minimum atomic E-state index is -2.98. The molecular formula is C30H35F3N4O4. The number of hydrogen-bond donors (Lipinski definition) is 2. The summed E-state index contributed by atoms with van der Waals surface area (Å²) in [7, 11) is 0. The summed E-state index contributed by atoms with van der Waals surface area (Å²) in [6, 6.07) is 4.25. The Morgan fingerprint density at radius 2 is 1.73 bits per heavy atom. The number of amides is 2. The standard InChI is InChI=1S/C30H35F3N4O4/c1-15(17-6-5-7-18(24(17)31)26(32)33)34-27(39)21-14-37(30-9-16(10-30)11-30)23(38)8-22(21)35-25-19-12-36(13-20(19)25)28(40)41-29(2,3)4/h5-8,14-16,19-20,25-26,35H,9-13H2,1-4H3,(H,34,39)/t15-,16?,19?,20?,25?,30?/m1/s1. The molecule has 8 nitrogen and oxygen atoms in total. The van der Waals surface area contributed by atoms with Crippen molar-refractivity contribution in [1.82, 2.24) is 14.8 Å². The second-order valence-corrected chi connectivity index (χ2v) is 13.1. The summed E-state index contributed by atoms with van der Waals surface area (Å²) in [4.78, 5) is 40.9. The van der Waals surface area contributed by atoms with Crippen LogP contribution in [0.15, 0.2) is 35.3 Å². The Balaban J connectivity index is 1.22. The summed E-state index contributed by atoms with van der Waals surface area (Å²) in [6.45, 7) is 8.01. The van der Waals surface area contributed by atoms with E-state index in [1.54, 1.807) is 15.7 Å². The zero-order valence-electron chi connectivity index (χ0n) is 23.5. The van der Waals surface area contributed by atoms with Crippen LogP contribution in [-0.2, 0) is 10.3 Å². The van der Waals surface area contributed by atoms with E-state index < -0.39 is 35.4 Å². The number of anilines is 1. The van der Waals surface area contributed by atoms with E-state index in [4.69, 9.17) is 4.74 Å². The maximum atomic E-state index is 14.8. The molecule has 2 aromatic rings. The van der Waals surface area contributed by atoms with E-state index in [9.17, 15) is 27.6 Å². The highest BCUT2D eigenvalue weighted by Gasteiger charge is 2.59. The third kappa shape index (κ3) is 4.86. The number of carbonyl (C=O) groups excluding carboxylic acids is 2. The predicted octanol–water partition coefficient (Wildman–Crippen LogP) is 5.20. The number of aromatic nitrogens is 1. The first-order valence-electron chi connectivity index (χ1n) is 14.2. The summed E-state index contributed by atoms with van der Waals surface area (Å²) in [5.74, 6) is -0.663. The largest absolute Gasteiger partial charge is 0.444 e. The molecule has 1 aromatic carbocycles. The highest BCUT2D eigenvalue weighted by Crippen LogP contribution is 2.61. The number of halogens is 3. The lowest BCUT2D eigenvalue weighted by molar-refractivity contribution is -0.0914. The number of ether oxygens (including phenoxy) is 1. The molecule has 41 heavy (non-hydrogen) atoms. The number of nitrogens with one attached hydrogen (secondary N) is 2. The summed E-state index contributed by atoms with van der Waals surface area (Å²) in [5.41, 5.74) is -1.21. The first kappa shape index (κ1) is 27.7. The number of rotatable bonds is 7. The van der Waals surface area contributed by atoms with E-state index in [0.717, 1.165) is 25.3 Å². The molecule has 2 heterocycles. The fraction of sp³-hybridized carbons (Fsp3) is 0.567. The van der Waals surface area contributed by atoms with Crippen molar-refractivity contribution in [3.8, 4) is 0 Å². The van der Waals surface area contributed by atoms with Crippen LogP contribution in [-0.4, -0.2) is 46.2 Å². The van der Waals surface area contributed by atoms with Gasteiger partial charge in [-0.15, -0.1) is 0 Å². The van der Waals surface area contributed by atoms with Crippen LogP contribution in [0.4, 0.5) is 23.7 Å². The number of pyridine rings is 1. The van der Waals surface area contributed by atoms with Crippen molar-refractivity contribution >= 4 is 17.7 Å². The Hall–Kier alpha value is -3.50. The van der Waals surface area contributed by atoms with Crippen LogP contribution in [0, 0.1) is 23.6 Å². The van der Waals surface area contributed by atoms with Crippen molar-refractivity contribution in [3.05, 3.63) is 63.3 Å². The molecule has 1 aliphatic heterocycles. The molecule has 2 bridgehead atoms. The van der Waals surface area contributed by atoms with E-state index in [2.05, 4.69) is 10.6 Å². The summed E-state index contributed by atoms with van der Waals surface area (Å²) in [6.07, 6.45) is 0.942. The van der Waals surface area contributed by atoms with Gasteiger partial charge in [-0.25, -0.2) is 18.0 Å². The number of fused-ring (bicyclic) bond motifs is 1. The molecule has 0 spiro atoms. The highest BCUT2D eigenvalue weighted by atomic mass is 19.3. The van der Waals surface area contributed by atoms with Gasteiger partial charge in [0.1, 0.15) is 11.4 Å². The molecule has 1 saturated heterocycles. The molecule has 2 unspecified atom stereocenters. The van der Waals surface area contributed by atoms with Crippen molar-refractivity contribution in [3.63, 3.8) is 0 Å². The normalized spacial score (nSPS) is 28.3. The van der Waals surface area contributed by atoms with Crippen LogP contribution >= 0.6 is 0 Å². The van der Waals surface area contributed by atoms with Crippen LogP contribution < -0.4 is 16.2 Å². The minimum Gasteiger partial charge on any atom is -0.444 e. The molecule has 5 fully saturated rings. The van der Waals surface area contributed by atoms with Crippen LogP contribution in [0.25, 0.3) is 0 Å². The Morgan fingerprint density at radius 1 is 1.10 bits per heavy atom.